The minimum Gasteiger partial charge on any atom is -0.467 e. The number of hydrazine groups is 1. The molecular weight excluding hydrogens is 869 g/mol. The maximum absolute atomic E-state index is 14.3. The highest BCUT2D eigenvalue weighted by Gasteiger charge is 2.41. The SMILES string of the molecule is C/C=C/S(=O)(=O)N1CC[C@H](C(=O)N(C)[C@H](C(=O)N[C@@H](CC2=NC(c3ccc4c(c3)c(CC(C)(C)COC=O)c(-c3cccnc3[C@H](C)OC)n4C)CS2)C(=O)N2CCCCN2)C(C)C)C1. The fourth-order valence-corrected chi connectivity index (χ4v) is 11.6. The first-order valence-electron chi connectivity index (χ1n) is 22.5. The molecule has 0 bridgehead atoms. The number of fused-ring (bicyclic) bond motifs is 1. The van der Waals surface area contributed by atoms with Gasteiger partial charge in [0.2, 0.25) is 21.8 Å². The van der Waals surface area contributed by atoms with Gasteiger partial charge in [0.05, 0.1) is 41.1 Å². The highest BCUT2D eigenvalue weighted by Crippen LogP contribution is 2.42. The molecule has 0 radical (unpaired) electrons. The van der Waals surface area contributed by atoms with Gasteiger partial charge in [-0.05, 0) is 80.8 Å². The van der Waals surface area contributed by atoms with Gasteiger partial charge in [0.25, 0.3) is 12.4 Å². The number of hydrogen-bond donors (Lipinski definition) is 2. The Hall–Kier alpha value is -4.62. The number of aryl methyl sites for hydroxylation is 1. The van der Waals surface area contributed by atoms with Crippen LogP contribution in [0, 0.1) is 17.3 Å². The molecule has 2 aromatic heterocycles. The van der Waals surface area contributed by atoms with Crippen molar-refractivity contribution in [3.63, 3.8) is 0 Å². The van der Waals surface area contributed by atoms with Crippen LogP contribution >= 0.6 is 11.8 Å². The molecule has 18 heteroatoms. The van der Waals surface area contributed by atoms with Crippen LogP contribution in [0.1, 0.15) is 96.2 Å². The average molecular weight is 935 g/mol. The number of pyridine rings is 1. The monoisotopic (exact) mass is 934 g/mol. The average Bonchev–Trinajstić information content (AvgIpc) is 4.04. The lowest BCUT2D eigenvalue weighted by Gasteiger charge is -2.35. The number of aromatic nitrogens is 2. The summed E-state index contributed by atoms with van der Waals surface area (Å²) in [5.41, 5.74) is 8.69. The van der Waals surface area contributed by atoms with Gasteiger partial charge >= 0.3 is 0 Å². The number of nitrogens with zero attached hydrogens (tertiary/aromatic N) is 6. The summed E-state index contributed by atoms with van der Waals surface area (Å²) in [5, 5.41) is 7.53. The number of amides is 3. The Bertz CT molecular complexity index is 2390. The zero-order valence-corrected chi connectivity index (χ0v) is 40.8. The first-order valence-corrected chi connectivity index (χ1v) is 25.0. The molecule has 1 aromatic carbocycles. The van der Waals surface area contributed by atoms with Crippen molar-refractivity contribution in [1.29, 1.82) is 0 Å². The van der Waals surface area contributed by atoms with E-state index in [9.17, 15) is 27.6 Å². The molecule has 3 aromatic rings. The van der Waals surface area contributed by atoms with Gasteiger partial charge in [0, 0.05) is 93.0 Å². The Morgan fingerprint density at radius 2 is 1.91 bits per heavy atom. The van der Waals surface area contributed by atoms with Gasteiger partial charge in [-0.2, -0.15) is 4.31 Å². The molecule has 3 aliphatic rings. The minimum atomic E-state index is -3.64. The van der Waals surface area contributed by atoms with Crippen molar-refractivity contribution in [2.45, 2.75) is 97.9 Å². The molecule has 2 fully saturated rings. The molecule has 1 unspecified atom stereocenters. The number of hydrogen-bond acceptors (Lipinski definition) is 12. The maximum atomic E-state index is 14.3. The second-order valence-corrected chi connectivity index (χ2v) is 21.4. The lowest BCUT2D eigenvalue weighted by atomic mass is 9.84. The second kappa shape index (κ2) is 21.3. The summed E-state index contributed by atoms with van der Waals surface area (Å²) in [5.74, 6) is -1.32. The van der Waals surface area contributed by atoms with E-state index in [1.54, 1.807) is 44.0 Å². The lowest BCUT2D eigenvalue weighted by molar-refractivity contribution is -0.145. The minimum absolute atomic E-state index is 0.0371. The fourth-order valence-electron chi connectivity index (χ4n) is 9.28. The quantitative estimate of drug-likeness (QED) is 0.144. The molecule has 354 valence electrons. The van der Waals surface area contributed by atoms with Gasteiger partial charge in [0.15, 0.2) is 0 Å². The highest BCUT2D eigenvalue weighted by atomic mass is 32.2. The predicted molar refractivity (Wildman–Crippen MR) is 254 cm³/mol. The summed E-state index contributed by atoms with van der Waals surface area (Å²) < 4.78 is 39.9. The smallest absolute Gasteiger partial charge is 0.293 e. The third kappa shape index (κ3) is 11.3. The second-order valence-electron chi connectivity index (χ2n) is 18.4. The van der Waals surface area contributed by atoms with Crippen LogP contribution < -0.4 is 10.7 Å². The van der Waals surface area contributed by atoms with E-state index in [-0.39, 0.29) is 56.0 Å². The van der Waals surface area contributed by atoms with E-state index in [0.29, 0.717) is 38.2 Å². The molecule has 3 amide bonds. The number of thioether (sulfide) groups is 1. The molecule has 0 saturated carbocycles. The predicted octanol–water partition coefficient (Wildman–Crippen LogP) is 5.55. The summed E-state index contributed by atoms with van der Waals surface area (Å²) in [7, 11) is 1.65. The van der Waals surface area contributed by atoms with Gasteiger partial charge in [-0.15, -0.1) is 11.8 Å². The highest BCUT2D eigenvalue weighted by molar-refractivity contribution is 8.14. The first kappa shape index (κ1) is 49.8. The van der Waals surface area contributed by atoms with Gasteiger partial charge in [-0.1, -0.05) is 39.8 Å². The summed E-state index contributed by atoms with van der Waals surface area (Å²) in [6.07, 6.45) is 5.84. The molecule has 3 aliphatic heterocycles. The third-order valence-electron chi connectivity index (χ3n) is 12.7. The van der Waals surface area contributed by atoms with Crippen LogP contribution in [0.4, 0.5) is 0 Å². The van der Waals surface area contributed by atoms with E-state index in [1.165, 1.54) is 15.3 Å². The number of benzene rings is 1. The first-order chi connectivity index (χ1) is 30.9. The number of rotatable bonds is 19. The van der Waals surface area contributed by atoms with Crippen molar-refractivity contribution in [3.8, 4) is 11.3 Å². The zero-order valence-electron chi connectivity index (χ0n) is 39.2. The molecular formula is C47H66N8O8S2. The Morgan fingerprint density at radius 3 is 2.58 bits per heavy atom. The number of allylic oxidation sites excluding steroid dienone is 1. The van der Waals surface area contributed by atoms with Crippen LogP contribution in [0.25, 0.3) is 22.2 Å². The molecule has 16 nitrogen and oxygen atoms in total. The van der Waals surface area contributed by atoms with Crippen molar-refractivity contribution < 1.29 is 37.1 Å². The van der Waals surface area contributed by atoms with Crippen LogP contribution in [-0.2, 0) is 52.1 Å². The standard InChI is InChI=1S/C47H66N8O8S2/c1-10-22-65(60,61)54-21-17-33(26-54)45(58)53(8)42(30(2)3)44(57)51-37(46(59)55-20-12-11-19-49-55)24-40-50-38(27-64-40)32-15-16-39-35(23-32)36(25-47(5,6)28-63-29-56)43(52(39)7)34-14-13-18-48-41(34)31(4)62-9/h10,13-16,18,22-23,29-31,33,37-38,42,49H,11-12,17,19-21,24-28H2,1-9H3,(H,51,57)/b22-10+/t31-,33-,37-,38?,42-/m0/s1. The van der Waals surface area contributed by atoms with Crippen molar-refractivity contribution in [3.05, 3.63) is 64.8 Å². The van der Waals surface area contributed by atoms with E-state index >= 15 is 0 Å². The molecule has 2 saturated heterocycles. The summed E-state index contributed by atoms with van der Waals surface area (Å²) in [6, 6.07) is 8.30. The van der Waals surface area contributed by atoms with E-state index in [2.05, 4.69) is 53.4 Å². The molecule has 0 spiro atoms. The summed E-state index contributed by atoms with van der Waals surface area (Å²) in [4.78, 5) is 65.1. The normalized spacial score (nSPS) is 20.0. The Morgan fingerprint density at radius 1 is 1.14 bits per heavy atom. The zero-order chi connectivity index (χ0) is 47.2. The molecule has 6 rings (SSSR count). The molecule has 5 heterocycles. The molecule has 65 heavy (non-hydrogen) atoms. The Labute approximate surface area is 388 Å². The van der Waals surface area contributed by atoms with E-state index in [4.69, 9.17) is 19.5 Å². The summed E-state index contributed by atoms with van der Waals surface area (Å²) >= 11 is 1.56. The number of carbonyl (C=O) groups excluding carboxylic acids is 4. The maximum Gasteiger partial charge on any atom is 0.293 e. The summed E-state index contributed by atoms with van der Waals surface area (Å²) in [6.45, 7) is 13.6. The van der Waals surface area contributed by atoms with E-state index in [0.717, 1.165) is 62.3 Å². The number of ether oxygens (including phenoxy) is 2. The van der Waals surface area contributed by atoms with Crippen molar-refractivity contribution >= 4 is 61.9 Å². The van der Waals surface area contributed by atoms with Gasteiger partial charge in [0.1, 0.15) is 12.1 Å². The fraction of sp³-hybridized carbons (Fsp3) is 0.574. The Kier molecular flexibility index (Phi) is 16.4. The number of carbonyl (C=O) groups is 4. The lowest BCUT2D eigenvalue weighted by Crippen LogP contribution is -2.59. The van der Waals surface area contributed by atoms with Crippen molar-refractivity contribution in [2.75, 3.05) is 52.7 Å². The number of sulfonamides is 1. The van der Waals surface area contributed by atoms with Crippen LogP contribution in [0.5, 0.6) is 0 Å². The van der Waals surface area contributed by atoms with Crippen LogP contribution in [-0.4, -0.2) is 126 Å². The van der Waals surface area contributed by atoms with E-state index < -0.39 is 39.3 Å². The Balaban J connectivity index is 1.29. The van der Waals surface area contributed by atoms with Gasteiger partial charge in [-0.25, -0.2) is 13.8 Å². The number of methoxy groups -OCH3 is 1. The van der Waals surface area contributed by atoms with Crippen LogP contribution in [0.15, 0.2) is 53.0 Å². The molecule has 2 N–H and O–H groups in total. The van der Waals surface area contributed by atoms with Crippen LogP contribution in [0.2, 0.25) is 0 Å². The van der Waals surface area contributed by atoms with E-state index in [1.807, 2.05) is 33.9 Å². The topological polar surface area (TPSA) is 185 Å². The molecule has 5 atom stereocenters. The molecule has 0 aliphatic carbocycles. The third-order valence-corrected chi connectivity index (χ3v) is 15.4. The van der Waals surface area contributed by atoms with Gasteiger partial charge in [-0.3, -0.25) is 34.2 Å². The number of likely N-dealkylation sites (N-methyl/N-ethyl adjacent to an activating group) is 1. The van der Waals surface area contributed by atoms with Crippen molar-refractivity contribution in [1.82, 2.24) is 34.5 Å². The largest absolute Gasteiger partial charge is 0.467 e. The van der Waals surface area contributed by atoms with Crippen molar-refractivity contribution in [2.24, 2.45) is 29.3 Å². The van der Waals surface area contributed by atoms with Gasteiger partial charge < -0.3 is 24.3 Å². The number of nitrogens with one attached hydrogen (secondary N) is 2. The van der Waals surface area contributed by atoms with Crippen LogP contribution in [0.3, 0.4) is 0 Å². The number of aliphatic imine (C=N–C) groups is 1.